The molecule has 1 aliphatic heterocycles. The van der Waals surface area contributed by atoms with Gasteiger partial charge in [-0.25, -0.2) is 13.2 Å². The van der Waals surface area contributed by atoms with Crippen LogP contribution >= 0.6 is 11.3 Å². The molecule has 0 spiro atoms. The SMILES string of the molecule is CCOC(=O)c1sc2c(C[C@H](OC3CCOCC3)c3ccccc3OC)cc(CCS(C)(=O)=O)c(=O)n2c1C. The summed E-state index contributed by atoms with van der Waals surface area (Å²) in [6.45, 7) is 4.89. The van der Waals surface area contributed by atoms with Crippen LogP contribution in [-0.2, 0) is 36.9 Å². The summed E-state index contributed by atoms with van der Waals surface area (Å²) < 4.78 is 48.5. The van der Waals surface area contributed by atoms with Crippen molar-refractivity contribution >= 4 is 32.0 Å². The zero-order chi connectivity index (χ0) is 28.2. The number of para-hydroxylation sites is 1. The van der Waals surface area contributed by atoms with E-state index in [2.05, 4.69) is 0 Å². The summed E-state index contributed by atoms with van der Waals surface area (Å²) in [6.07, 6.45) is 2.70. The fourth-order valence-electron chi connectivity index (χ4n) is 4.82. The highest BCUT2D eigenvalue weighted by molar-refractivity contribution is 7.90. The molecule has 39 heavy (non-hydrogen) atoms. The van der Waals surface area contributed by atoms with Gasteiger partial charge in [-0.05, 0) is 50.8 Å². The maximum atomic E-state index is 13.5. The van der Waals surface area contributed by atoms with Crippen LogP contribution < -0.4 is 10.3 Å². The molecular formula is C28H35NO8S2. The van der Waals surface area contributed by atoms with E-state index in [1.165, 1.54) is 15.7 Å². The third kappa shape index (κ3) is 6.89. The van der Waals surface area contributed by atoms with E-state index < -0.39 is 21.9 Å². The molecular weight excluding hydrogens is 542 g/mol. The Morgan fingerprint density at radius 1 is 1.21 bits per heavy atom. The average molecular weight is 578 g/mol. The number of aryl methyl sites for hydroxylation is 2. The Labute approximate surface area is 232 Å². The van der Waals surface area contributed by atoms with Crippen LogP contribution in [0.1, 0.15) is 57.9 Å². The van der Waals surface area contributed by atoms with Gasteiger partial charge in [-0.15, -0.1) is 11.3 Å². The lowest BCUT2D eigenvalue weighted by Crippen LogP contribution is -2.27. The summed E-state index contributed by atoms with van der Waals surface area (Å²) in [5.41, 5.74) is 2.16. The quantitative estimate of drug-likeness (QED) is 0.316. The molecule has 11 heteroatoms. The smallest absolute Gasteiger partial charge is 0.350 e. The second-order valence-electron chi connectivity index (χ2n) is 9.64. The van der Waals surface area contributed by atoms with E-state index in [4.69, 9.17) is 18.9 Å². The molecule has 1 atom stereocenters. The molecule has 2 aromatic heterocycles. The molecule has 0 N–H and O–H groups in total. The second-order valence-corrected chi connectivity index (χ2v) is 12.9. The topological polar surface area (TPSA) is 110 Å². The number of carbonyl (C=O) groups excluding carboxylic acids is 1. The van der Waals surface area contributed by atoms with Crippen molar-refractivity contribution < 1.29 is 32.2 Å². The van der Waals surface area contributed by atoms with E-state index in [0.29, 0.717) is 46.3 Å². The number of esters is 1. The highest BCUT2D eigenvalue weighted by atomic mass is 32.2. The molecule has 3 aromatic rings. The first-order valence-corrected chi connectivity index (χ1v) is 15.9. The number of fused-ring (bicyclic) bond motifs is 1. The van der Waals surface area contributed by atoms with Crippen molar-refractivity contribution in [1.29, 1.82) is 0 Å². The van der Waals surface area contributed by atoms with Gasteiger partial charge >= 0.3 is 5.97 Å². The van der Waals surface area contributed by atoms with E-state index in [0.717, 1.165) is 30.2 Å². The van der Waals surface area contributed by atoms with Gasteiger partial charge in [0.2, 0.25) is 0 Å². The molecule has 0 saturated carbocycles. The molecule has 3 heterocycles. The number of methoxy groups -OCH3 is 1. The number of pyridine rings is 1. The fraction of sp³-hybridized carbons (Fsp3) is 0.500. The van der Waals surface area contributed by atoms with Crippen LogP contribution in [0.4, 0.5) is 0 Å². The van der Waals surface area contributed by atoms with E-state index >= 15 is 0 Å². The van der Waals surface area contributed by atoms with E-state index in [1.807, 2.05) is 24.3 Å². The summed E-state index contributed by atoms with van der Waals surface area (Å²) in [7, 11) is -1.68. The molecule has 0 amide bonds. The first-order valence-electron chi connectivity index (χ1n) is 13.0. The van der Waals surface area contributed by atoms with Crippen molar-refractivity contribution in [2.24, 2.45) is 0 Å². The molecule has 0 bridgehead atoms. The number of aromatic nitrogens is 1. The molecule has 1 fully saturated rings. The Bertz CT molecular complexity index is 1490. The summed E-state index contributed by atoms with van der Waals surface area (Å²) >= 11 is 1.20. The van der Waals surface area contributed by atoms with Crippen LogP contribution in [0.15, 0.2) is 35.1 Å². The second kappa shape index (κ2) is 12.6. The normalized spacial score (nSPS) is 15.4. The molecule has 1 aliphatic rings. The Morgan fingerprint density at radius 3 is 2.59 bits per heavy atom. The molecule has 0 unspecified atom stereocenters. The molecule has 0 radical (unpaired) electrons. The lowest BCUT2D eigenvalue weighted by atomic mass is 9.99. The third-order valence-electron chi connectivity index (χ3n) is 6.79. The van der Waals surface area contributed by atoms with Crippen molar-refractivity contribution in [2.45, 2.75) is 51.7 Å². The average Bonchev–Trinajstić information content (AvgIpc) is 3.27. The lowest BCUT2D eigenvalue weighted by molar-refractivity contribution is -0.0699. The predicted octanol–water partition coefficient (Wildman–Crippen LogP) is 3.92. The summed E-state index contributed by atoms with van der Waals surface area (Å²) in [4.78, 5) is 27.2. The molecule has 0 aliphatic carbocycles. The lowest BCUT2D eigenvalue weighted by Gasteiger charge is -2.29. The molecule has 1 saturated heterocycles. The number of nitrogens with zero attached hydrogens (tertiary/aromatic N) is 1. The van der Waals surface area contributed by atoms with E-state index in [1.54, 1.807) is 27.0 Å². The van der Waals surface area contributed by atoms with E-state index in [9.17, 15) is 18.0 Å². The van der Waals surface area contributed by atoms with Crippen LogP contribution in [0.2, 0.25) is 0 Å². The molecule has 4 rings (SSSR count). The molecule has 9 nitrogen and oxygen atoms in total. The first-order chi connectivity index (χ1) is 18.6. The highest BCUT2D eigenvalue weighted by Gasteiger charge is 2.27. The van der Waals surface area contributed by atoms with Gasteiger partial charge in [0.1, 0.15) is 25.3 Å². The minimum Gasteiger partial charge on any atom is -0.496 e. The van der Waals surface area contributed by atoms with Crippen molar-refractivity contribution in [1.82, 2.24) is 4.40 Å². The maximum Gasteiger partial charge on any atom is 0.350 e. The molecule has 212 valence electrons. The summed E-state index contributed by atoms with van der Waals surface area (Å²) in [6, 6.07) is 9.43. The Morgan fingerprint density at radius 2 is 1.92 bits per heavy atom. The van der Waals surface area contributed by atoms with Gasteiger partial charge in [-0.3, -0.25) is 9.20 Å². The number of sulfone groups is 1. The highest BCUT2D eigenvalue weighted by Crippen LogP contribution is 2.35. The standard InChI is InChI=1S/C28H35NO8S2/c1-5-36-28(31)25-18(2)29-26(30)19(12-15-39(4,32)33)16-20(27(29)38-25)17-24(37-21-10-13-35-14-11-21)22-8-6-7-9-23(22)34-3/h6-9,16,21,24H,5,10-15,17H2,1-4H3/t24-/m0/s1. The van der Waals surface area contributed by atoms with Crippen molar-refractivity contribution in [3.63, 3.8) is 0 Å². The Kier molecular flexibility index (Phi) is 9.47. The van der Waals surface area contributed by atoms with Crippen molar-refractivity contribution in [3.8, 4) is 5.75 Å². The van der Waals surface area contributed by atoms with Crippen LogP contribution in [0, 0.1) is 6.92 Å². The Hall–Kier alpha value is -2.73. The minimum absolute atomic E-state index is 0.0135. The van der Waals surface area contributed by atoms with Crippen molar-refractivity contribution in [3.05, 3.63) is 67.9 Å². The van der Waals surface area contributed by atoms with Crippen molar-refractivity contribution in [2.75, 3.05) is 38.9 Å². The van der Waals surface area contributed by atoms with Gasteiger partial charge in [-0.2, -0.15) is 0 Å². The van der Waals surface area contributed by atoms with Crippen LogP contribution in [0.5, 0.6) is 5.75 Å². The number of thiazole rings is 1. The Balaban J connectivity index is 1.85. The van der Waals surface area contributed by atoms with Gasteiger partial charge in [0.05, 0.1) is 31.7 Å². The van der Waals surface area contributed by atoms with Gasteiger partial charge in [0.15, 0.2) is 0 Å². The van der Waals surface area contributed by atoms with Gasteiger partial charge in [0, 0.05) is 42.7 Å². The number of hydrogen-bond donors (Lipinski definition) is 0. The number of carbonyl (C=O) groups is 1. The largest absolute Gasteiger partial charge is 0.496 e. The zero-order valence-electron chi connectivity index (χ0n) is 22.7. The van der Waals surface area contributed by atoms with Crippen LogP contribution in [-0.4, -0.2) is 63.8 Å². The van der Waals surface area contributed by atoms with Gasteiger partial charge < -0.3 is 18.9 Å². The zero-order valence-corrected chi connectivity index (χ0v) is 24.4. The van der Waals surface area contributed by atoms with E-state index in [-0.39, 0.29) is 30.4 Å². The molecule has 1 aromatic carbocycles. The number of hydrogen-bond acceptors (Lipinski definition) is 9. The van der Waals surface area contributed by atoms with Crippen LogP contribution in [0.25, 0.3) is 4.83 Å². The number of rotatable bonds is 11. The monoisotopic (exact) mass is 577 g/mol. The fourth-order valence-corrected chi connectivity index (χ4v) is 6.57. The summed E-state index contributed by atoms with van der Waals surface area (Å²) in [5, 5.41) is 0. The van der Waals surface area contributed by atoms with Gasteiger partial charge in [-0.1, -0.05) is 18.2 Å². The minimum atomic E-state index is -3.30. The third-order valence-corrected chi connectivity index (χ3v) is 9.04. The summed E-state index contributed by atoms with van der Waals surface area (Å²) in [5.74, 6) is 0.0353. The maximum absolute atomic E-state index is 13.5. The number of ether oxygens (including phenoxy) is 4. The van der Waals surface area contributed by atoms with Gasteiger partial charge in [0.25, 0.3) is 5.56 Å². The predicted molar refractivity (Wildman–Crippen MR) is 150 cm³/mol. The number of benzene rings is 1. The first kappa shape index (κ1) is 29.3. The van der Waals surface area contributed by atoms with Crippen LogP contribution in [0.3, 0.4) is 0 Å².